The minimum Gasteiger partial charge on any atom is -0.341 e. The third kappa shape index (κ3) is 3.35. The van der Waals surface area contributed by atoms with E-state index in [0.29, 0.717) is 6.42 Å². The Bertz CT molecular complexity index is 636. The predicted molar refractivity (Wildman–Crippen MR) is 84.8 cm³/mol. The van der Waals surface area contributed by atoms with Crippen LogP contribution in [0.4, 0.5) is 0 Å². The first kappa shape index (κ1) is 15.1. The molecule has 6 nitrogen and oxygen atoms in total. The Hall–Kier alpha value is -1.76. The highest BCUT2D eigenvalue weighted by atomic mass is 32.1. The third-order valence-corrected chi connectivity index (χ3v) is 4.72. The predicted octanol–water partition coefficient (Wildman–Crippen LogP) is 2.15. The number of carbonyl (C=O) groups is 1. The van der Waals surface area contributed by atoms with E-state index in [1.165, 1.54) is 0 Å². The summed E-state index contributed by atoms with van der Waals surface area (Å²) in [6, 6.07) is 0.248. The molecule has 0 bridgehead atoms. The highest BCUT2D eigenvalue weighted by molar-refractivity contribution is 7.07. The molecule has 1 aliphatic heterocycles. The van der Waals surface area contributed by atoms with E-state index in [0.717, 1.165) is 49.7 Å². The van der Waals surface area contributed by atoms with Gasteiger partial charge >= 0.3 is 0 Å². The third-order valence-electron chi connectivity index (χ3n) is 4.08. The van der Waals surface area contributed by atoms with Gasteiger partial charge in [0.2, 0.25) is 5.91 Å². The van der Waals surface area contributed by atoms with E-state index >= 15 is 0 Å². The Morgan fingerprint density at radius 1 is 1.45 bits per heavy atom. The maximum absolute atomic E-state index is 12.4. The summed E-state index contributed by atoms with van der Waals surface area (Å²) in [7, 11) is 0. The van der Waals surface area contributed by atoms with E-state index in [-0.39, 0.29) is 11.9 Å². The van der Waals surface area contributed by atoms with Gasteiger partial charge in [-0.05, 0) is 33.1 Å². The van der Waals surface area contributed by atoms with Crippen LogP contribution in [0.3, 0.4) is 0 Å². The van der Waals surface area contributed by atoms with Crippen molar-refractivity contribution in [1.82, 2.24) is 24.6 Å². The highest BCUT2D eigenvalue weighted by Crippen LogP contribution is 2.22. The van der Waals surface area contributed by atoms with Gasteiger partial charge in [-0.15, -0.1) is 11.3 Å². The molecule has 0 radical (unpaired) electrons. The topological polar surface area (TPSA) is 63.9 Å². The molecule has 0 saturated carbocycles. The number of aryl methyl sites for hydroxylation is 3. The Kier molecular flexibility index (Phi) is 4.52. The van der Waals surface area contributed by atoms with Crippen molar-refractivity contribution in [2.45, 2.75) is 45.6 Å². The van der Waals surface area contributed by atoms with Gasteiger partial charge in [0.25, 0.3) is 0 Å². The van der Waals surface area contributed by atoms with Crippen molar-refractivity contribution < 1.29 is 4.79 Å². The summed E-state index contributed by atoms with van der Waals surface area (Å²) < 4.78 is 1.98. The second-order valence-corrected chi connectivity index (χ2v) is 6.49. The number of hydrogen-bond acceptors (Lipinski definition) is 5. The molecule has 1 atom stereocenters. The van der Waals surface area contributed by atoms with Crippen molar-refractivity contribution in [3.8, 4) is 0 Å². The number of hydrogen-bond donors (Lipinski definition) is 0. The van der Waals surface area contributed by atoms with E-state index in [2.05, 4.69) is 15.1 Å². The first-order valence-electron chi connectivity index (χ1n) is 7.68. The molecule has 1 saturated heterocycles. The average molecular weight is 319 g/mol. The van der Waals surface area contributed by atoms with Crippen LogP contribution in [-0.4, -0.2) is 43.6 Å². The Balaban J connectivity index is 1.60. The van der Waals surface area contributed by atoms with Crippen LogP contribution in [0.5, 0.6) is 0 Å². The van der Waals surface area contributed by atoms with Crippen molar-refractivity contribution in [2.75, 3.05) is 13.1 Å². The zero-order valence-electron chi connectivity index (χ0n) is 13.0. The van der Waals surface area contributed by atoms with Crippen molar-refractivity contribution >= 4 is 17.2 Å². The number of thiazole rings is 1. The van der Waals surface area contributed by atoms with Crippen LogP contribution < -0.4 is 0 Å². The first-order chi connectivity index (χ1) is 10.6. The Morgan fingerprint density at radius 2 is 2.32 bits per heavy atom. The molecule has 118 valence electrons. The summed E-state index contributed by atoms with van der Waals surface area (Å²) in [5.74, 6) is 1.94. The quantitative estimate of drug-likeness (QED) is 0.866. The number of rotatable bonds is 4. The van der Waals surface area contributed by atoms with Crippen LogP contribution in [0.1, 0.15) is 42.6 Å². The van der Waals surface area contributed by atoms with Gasteiger partial charge < -0.3 is 4.90 Å². The number of carbonyl (C=O) groups excluding carboxylic acids is 1. The van der Waals surface area contributed by atoms with E-state index in [1.807, 2.05) is 34.3 Å². The average Bonchev–Trinajstić information content (AvgIpc) is 3.14. The number of nitrogens with zero attached hydrogens (tertiary/aromatic N) is 5. The molecule has 1 amide bonds. The minimum absolute atomic E-state index is 0.215. The fourth-order valence-electron chi connectivity index (χ4n) is 3.02. The Morgan fingerprint density at radius 3 is 3.00 bits per heavy atom. The fourth-order valence-corrected chi connectivity index (χ4v) is 3.61. The van der Waals surface area contributed by atoms with Crippen LogP contribution in [-0.2, 0) is 11.2 Å². The van der Waals surface area contributed by atoms with Crippen molar-refractivity contribution in [3.63, 3.8) is 0 Å². The molecule has 1 aliphatic rings. The summed E-state index contributed by atoms with van der Waals surface area (Å²) in [5, 5.41) is 6.48. The van der Waals surface area contributed by atoms with Gasteiger partial charge in [0.1, 0.15) is 11.6 Å². The molecule has 7 heteroatoms. The van der Waals surface area contributed by atoms with Gasteiger partial charge in [-0.1, -0.05) is 0 Å². The molecular formula is C15H21N5OS. The SMILES string of the molecule is Cc1nc(C)n([C@@H]2CCCN(C(=O)CCc3cscn3)C2)n1. The maximum atomic E-state index is 12.4. The molecule has 22 heavy (non-hydrogen) atoms. The molecule has 0 unspecified atom stereocenters. The van der Waals surface area contributed by atoms with Crippen molar-refractivity contribution in [2.24, 2.45) is 0 Å². The number of amides is 1. The lowest BCUT2D eigenvalue weighted by atomic mass is 10.0. The Labute approximate surface area is 134 Å². The fraction of sp³-hybridized carbons (Fsp3) is 0.600. The molecule has 1 fully saturated rings. The van der Waals surface area contributed by atoms with Crippen LogP contribution in [0.25, 0.3) is 0 Å². The molecule has 2 aromatic heterocycles. The van der Waals surface area contributed by atoms with E-state index in [9.17, 15) is 4.79 Å². The largest absolute Gasteiger partial charge is 0.341 e. The monoisotopic (exact) mass is 319 g/mol. The molecule has 3 rings (SSSR count). The lowest BCUT2D eigenvalue weighted by molar-refractivity contribution is -0.132. The maximum Gasteiger partial charge on any atom is 0.223 e. The highest BCUT2D eigenvalue weighted by Gasteiger charge is 2.26. The van der Waals surface area contributed by atoms with Crippen LogP contribution in [0, 0.1) is 13.8 Å². The molecule has 0 N–H and O–H groups in total. The summed E-state index contributed by atoms with van der Waals surface area (Å²) in [5.41, 5.74) is 2.82. The number of likely N-dealkylation sites (tertiary alicyclic amines) is 1. The molecule has 0 aliphatic carbocycles. The van der Waals surface area contributed by atoms with E-state index < -0.39 is 0 Å². The second-order valence-electron chi connectivity index (χ2n) is 5.77. The van der Waals surface area contributed by atoms with Gasteiger partial charge in [0, 0.05) is 24.9 Å². The number of piperidine rings is 1. The number of aromatic nitrogens is 4. The minimum atomic E-state index is 0.215. The van der Waals surface area contributed by atoms with Crippen molar-refractivity contribution in [1.29, 1.82) is 0 Å². The lowest BCUT2D eigenvalue weighted by Crippen LogP contribution is -2.41. The van der Waals surface area contributed by atoms with E-state index in [4.69, 9.17) is 0 Å². The van der Waals surface area contributed by atoms with Gasteiger partial charge in [0.15, 0.2) is 0 Å². The van der Waals surface area contributed by atoms with Gasteiger partial charge in [0.05, 0.1) is 17.2 Å². The van der Waals surface area contributed by atoms with E-state index in [1.54, 1.807) is 11.3 Å². The molecule has 0 aromatic carbocycles. The molecule has 0 spiro atoms. The first-order valence-corrected chi connectivity index (χ1v) is 8.62. The molecule has 3 heterocycles. The van der Waals surface area contributed by atoms with Crippen LogP contribution in [0.15, 0.2) is 10.9 Å². The summed E-state index contributed by atoms with van der Waals surface area (Å²) >= 11 is 1.57. The summed E-state index contributed by atoms with van der Waals surface area (Å²) in [6.07, 6.45) is 3.34. The zero-order chi connectivity index (χ0) is 15.5. The van der Waals surface area contributed by atoms with Crippen molar-refractivity contribution in [3.05, 3.63) is 28.2 Å². The normalized spacial score (nSPS) is 18.6. The molecular weight excluding hydrogens is 298 g/mol. The van der Waals surface area contributed by atoms with Gasteiger partial charge in [-0.3, -0.25) is 4.79 Å². The molecule has 2 aromatic rings. The van der Waals surface area contributed by atoms with Crippen LogP contribution >= 0.6 is 11.3 Å². The zero-order valence-corrected chi connectivity index (χ0v) is 13.8. The van der Waals surface area contributed by atoms with Crippen LogP contribution in [0.2, 0.25) is 0 Å². The van der Waals surface area contributed by atoms with Gasteiger partial charge in [-0.2, -0.15) is 5.10 Å². The standard InChI is InChI=1S/C15H21N5OS/c1-11-17-12(2)20(18-11)14-4-3-7-19(8-14)15(21)6-5-13-9-22-10-16-13/h9-10,14H,3-8H2,1-2H3/t14-/m1/s1. The summed E-state index contributed by atoms with van der Waals surface area (Å²) in [4.78, 5) is 23.0. The second kappa shape index (κ2) is 6.56. The summed E-state index contributed by atoms with van der Waals surface area (Å²) in [6.45, 7) is 5.46. The lowest BCUT2D eigenvalue weighted by Gasteiger charge is -2.33. The van der Waals surface area contributed by atoms with Gasteiger partial charge in [-0.25, -0.2) is 14.6 Å². The smallest absolute Gasteiger partial charge is 0.223 e.